The molecule has 0 saturated heterocycles. The minimum absolute atomic E-state index is 0.0400. The van der Waals surface area contributed by atoms with Gasteiger partial charge in [-0.3, -0.25) is 14.9 Å². The van der Waals surface area contributed by atoms with E-state index >= 15 is 0 Å². The van der Waals surface area contributed by atoms with Crippen LogP contribution in [0.1, 0.15) is 10.4 Å². The lowest BCUT2D eigenvalue weighted by Crippen LogP contribution is -2.26. The van der Waals surface area contributed by atoms with Crippen molar-refractivity contribution in [1.82, 2.24) is 4.98 Å². The monoisotopic (exact) mass is 369 g/mol. The second-order valence-electron chi connectivity index (χ2n) is 4.13. The molecule has 0 saturated carbocycles. The first-order valence-electron chi connectivity index (χ1n) is 5.73. The lowest BCUT2D eigenvalue weighted by atomic mass is 10.2. The van der Waals surface area contributed by atoms with Gasteiger partial charge in [0.05, 0.1) is 10.5 Å². The summed E-state index contributed by atoms with van der Waals surface area (Å²) < 4.78 is 0.632. The molecular weight excluding hydrogens is 362 g/mol. The maximum atomic E-state index is 12.4. The summed E-state index contributed by atoms with van der Waals surface area (Å²) in [5.41, 5.74) is 0.718. The van der Waals surface area contributed by atoms with Crippen LogP contribution in [-0.2, 0) is 0 Å². The second kappa shape index (κ2) is 6.19. The Balaban J connectivity index is 2.30. The minimum atomic E-state index is -0.499. The summed E-state index contributed by atoms with van der Waals surface area (Å²) in [4.78, 5) is 27.7. The molecule has 21 heavy (non-hydrogen) atoms. The molecule has 1 heterocycles. The molecule has 2 aromatic rings. The number of hydrogen-bond donors (Lipinski definition) is 0. The van der Waals surface area contributed by atoms with Gasteiger partial charge in [-0.1, -0.05) is 11.6 Å². The lowest BCUT2D eigenvalue weighted by Gasteiger charge is -2.17. The highest BCUT2D eigenvalue weighted by atomic mass is 79.9. The van der Waals surface area contributed by atoms with Crippen molar-refractivity contribution < 1.29 is 9.72 Å². The molecule has 8 heteroatoms. The van der Waals surface area contributed by atoms with Gasteiger partial charge >= 0.3 is 0 Å². The largest absolute Gasteiger partial charge is 0.311 e. The van der Waals surface area contributed by atoms with Crippen LogP contribution in [-0.4, -0.2) is 22.9 Å². The summed E-state index contributed by atoms with van der Waals surface area (Å²) in [6, 6.07) is 7.23. The molecule has 0 aliphatic carbocycles. The van der Waals surface area contributed by atoms with Crippen LogP contribution < -0.4 is 4.90 Å². The van der Waals surface area contributed by atoms with Crippen molar-refractivity contribution in [1.29, 1.82) is 0 Å². The SMILES string of the molecule is CN(C(=O)c1cc(Br)cnc1Cl)c1ccc([N+](=O)[O-])cc1. The maximum absolute atomic E-state index is 12.4. The Morgan fingerprint density at radius 3 is 2.57 bits per heavy atom. The highest BCUT2D eigenvalue weighted by Crippen LogP contribution is 2.23. The minimum Gasteiger partial charge on any atom is -0.311 e. The lowest BCUT2D eigenvalue weighted by molar-refractivity contribution is -0.384. The van der Waals surface area contributed by atoms with Crippen LogP contribution in [0.2, 0.25) is 5.15 Å². The Kier molecular flexibility index (Phi) is 4.54. The van der Waals surface area contributed by atoms with Gasteiger partial charge in [-0.25, -0.2) is 4.98 Å². The van der Waals surface area contributed by atoms with Crippen molar-refractivity contribution >= 4 is 44.8 Å². The molecule has 108 valence electrons. The van der Waals surface area contributed by atoms with Crippen LogP contribution in [0.25, 0.3) is 0 Å². The van der Waals surface area contributed by atoms with Crippen LogP contribution in [0, 0.1) is 10.1 Å². The summed E-state index contributed by atoms with van der Waals surface area (Å²) in [7, 11) is 1.56. The van der Waals surface area contributed by atoms with E-state index in [1.165, 1.54) is 35.4 Å². The first-order chi connectivity index (χ1) is 9.90. The molecular formula is C13H9BrClN3O3. The molecule has 0 fully saturated rings. The number of non-ortho nitro benzene ring substituents is 1. The van der Waals surface area contributed by atoms with Crippen LogP contribution >= 0.6 is 27.5 Å². The summed E-state index contributed by atoms with van der Waals surface area (Å²) in [5.74, 6) is -0.359. The Morgan fingerprint density at radius 1 is 1.38 bits per heavy atom. The van der Waals surface area contributed by atoms with Crippen molar-refractivity contribution in [2.75, 3.05) is 11.9 Å². The van der Waals surface area contributed by atoms with Crippen LogP contribution in [0.3, 0.4) is 0 Å². The molecule has 2 rings (SSSR count). The average molecular weight is 371 g/mol. The smallest absolute Gasteiger partial charge is 0.269 e. The standard InChI is InChI=1S/C13H9BrClN3O3/c1-17(9-2-4-10(5-3-9)18(20)21)13(19)11-6-8(14)7-16-12(11)15/h2-7H,1H3. The van der Waals surface area contributed by atoms with Crippen molar-refractivity contribution in [3.63, 3.8) is 0 Å². The van der Waals surface area contributed by atoms with Gasteiger partial charge in [0.15, 0.2) is 0 Å². The first-order valence-corrected chi connectivity index (χ1v) is 6.91. The van der Waals surface area contributed by atoms with E-state index in [1.54, 1.807) is 13.1 Å². The number of anilines is 1. The van der Waals surface area contributed by atoms with E-state index in [1.807, 2.05) is 0 Å². The zero-order valence-corrected chi connectivity index (χ0v) is 13.1. The van der Waals surface area contributed by atoms with Gasteiger partial charge in [0.25, 0.3) is 11.6 Å². The van der Waals surface area contributed by atoms with Gasteiger partial charge in [-0.05, 0) is 34.1 Å². The molecule has 0 radical (unpaired) electrons. The topological polar surface area (TPSA) is 76.3 Å². The number of benzene rings is 1. The van der Waals surface area contributed by atoms with Gasteiger partial charge < -0.3 is 4.90 Å². The molecule has 0 spiro atoms. The molecule has 0 aliphatic heterocycles. The van der Waals surface area contributed by atoms with E-state index in [9.17, 15) is 14.9 Å². The third-order valence-corrected chi connectivity index (χ3v) is 3.52. The third kappa shape index (κ3) is 3.37. The van der Waals surface area contributed by atoms with E-state index in [-0.39, 0.29) is 22.3 Å². The molecule has 0 N–H and O–H groups in total. The fraction of sp³-hybridized carbons (Fsp3) is 0.0769. The molecule has 1 amide bonds. The molecule has 6 nitrogen and oxygen atoms in total. The number of amides is 1. The molecule has 0 atom stereocenters. The van der Waals surface area contributed by atoms with Crippen LogP contribution in [0.15, 0.2) is 41.0 Å². The predicted octanol–water partition coefficient (Wildman–Crippen LogP) is 3.68. The summed E-state index contributed by atoms with van der Waals surface area (Å²) in [5, 5.41) is 10.7. The number of hydrogen-bond acceptors (Lipinski definition) is 4. The zero-order chi connectivity index (χ0) is 15.6. The molecule has 0 unspecified atom stereocenters. The van der Waals surface area contributed by atoms with Gasteiger partial charge in [0, 0.05) is 35.5 Å². The molecule has 0 aliphatic rings. The van der Waals surface area contributed by atoms with Gasteiger partial charge in [-0.15, -0.1) is 0 Å². The van der Waals surface area contributed by atoms with Crippen LogP contribution in [0.5, 0.6) is 0 Å². The number of nitro groups is 1. The highest BCUT2D eigenvalue weighted by molar-refractivity contribution is 9.10. The number of nitro benzene ring substituents is 1. The Labute approximate surface area is 133 Å². The number of halogens is 2. The van der Waals surface area contributed by atoms with Crippen molar-refractivity contribution in [3.8, 4) is 0 Å². The van der Waals surface area contributed by atoms with Gasteiger partial charge in [-0.2, -0.15) is 0 Å². The number of aromatic nitrogens is 1. The number of nitrogens with zero attached hydrogens (tertiary/aromatic N) is 3. The molecule has 1 aromatic carbocycles. The van der Waals surface area contributed by atoms with Crippen LogP contribution in [0.4, 0.5) is 11.4 Å². The fourth-order valence-corrected chi connectivity index (χ4v) is 2.18. The number of carbonyl (C=O) groups excluding carboxylic acids is 1. The van der Waals surface area contributed by atoms with E-state index in [0.717, 1.165) is 0 Å². The fourth-order valence-electron chi connectivity index (χ4n) is 1.67. The highest BCUT2D eigenvalue weighted by Gasteiger charge is 2.18. The van der Waals surface area contributed by atoms with Gasteiger partial charge in [0.2, 0.25) is 0 Å². The van der Waals surface area contributed by atoms with E-state index in [2.05, 4.69) is 20.9 Å². The number of rotatable bonds is 3. The van der Waals surface area contributed by atoms with Crippen molar-refractivity contribution in [2.24, 2.45) is 0 Å². The maximum Gasteiger partial charge on any atom is 0.269 e. The number of carbonyl (C=O) groups is 1. The molecule has 0 bridgehead atoms. The Bertz CT molecular complexity index is 706. The quantitative estimate of drug-likeness (QED) is 0.469. The molecule has 1 aromatic heterocycles. The normalized spacial score (nSPS) is 10.2. The van der Waals surface area contributed by atoms with E-state index in [0.29, 0.717) is 10.2 Å². The number of pyridine rings is 1. The third-order valence-electron chi connectivity index (χ3n) is 2.79. The summed E-state index contributed by atoms with van der Waals surface area (Å²) >= 11 is 9.15. The van der Waals surface area contributed by atoms with E-state index < -0.39 is 4.92 Å². The second-order valence-corrected chi connectivity index (χ2v) is 5.40. The van der Waals surface area contributed by atoms with Crippen molar-refractivity contribution in [2.45, 2.75) is 0 Å². The first kappa shape index (κ1) is 15.4. The zero-order valence-electron chi connectivity index (χ0n) is 10.8. The average Bonchev–Trinajstić information content (AvgIpc) is 2.48. The Hall–Kier alpha value is -1.99. The predicted molar refractivity (Wildman–Crippen MR) is 82.8 cm³/mol. The van der Waals surface area contributed by atoms with Gasteiger partial charge in [0.1, 0.15) is 5.15 Å². The van der Waals surface area contributed by atoms with E-state index in [4.69, 9.17) is 11.6 Å². The summed E-state index contributed by atoms with van der Waals surface area (Å²) in [6.45, 7) is 0. The van der Waals surface area contributed by atoms with Crippen molar-refractivity contribution in [3.05, 3.63) is 61.8 Å². The summed E-state index contributed by atoms with van der Waals surface area (Å²) in [6.07, 6.45) is 1.49. The Morgan fingerprint density at radius 2 is 2.00 bits per heavy atom.